The number of para-hydroxylation sites is 3. The molecule has 0 spiro atoms. The van der Waals surface area contributed by atoms with Gasteiger partial charge < -0.3 is 90.6 Å². The maximum absolute atomic E-state index is 13.2. The maximum atomic E-state index is 13.2. The van der Waals surface area contributed by atoms with Crippen LogP contribution in [0, 0.1) is 0 Å². The third-order valence-corrected chi connectivity index (χ3v) is 23.7. The Morgan fingerprint density at radius 2 is 0.759 bits per heavy atom. The average molecular weight is 1810 g/mol. The largest absolute Gasteiger partial charge is 0.460 e. The number of likely N-dealkylation sites (N-methyl/N-ethyl adjacent to an activating group) is 3. The van der Waals surface area contributed by atoms with Crippen LogP contribution in [0.1, 0.15) is 147 Å². The first-order valence-corrected chi connectivity index (χ1v) is 46.3. The molecule has 15 rings (SSSR count). The van der Waals surface area contributed by atoms with Crippen molar-refractivity contribution in [3.05, 3.63) is 221 Å². The lowest BCUT2D eigenvalue weighted by atomic mass is 10.1. The molecule has 133 heavy (non-hydrogen) atoms. The molecule has 0 bridgehead atoms. The molecular weight excluding hydrogens is 1680 g/mol. The number of aromatic nitrogens is 12. The van der Waals surface area contributed by atoms with Crippen molar-refractivity contribution in [2.45, 2.75) is 142 Å². The summed E-state index contributed by atoms with van der Waals surface area (Å²) < 4.78 is 24.2. The van der Waals surface area contributed by atoms with E-state index in [9.17, 15) is 19.2 Å². The second kappa shape index (κ2) is 47.4. The number of benzene rings is 5. The minimum atomic E-state index is -0.261. The number of rotatable bonds is 35. The molecular formula is C99H133N27O7. The molecule has 4 amide bonds. The molecule has 0 aliphatic carbocycles. The van der Waals surface area contributed by atoms with Crippen LogP contribution in [0.5, 0.6) is 18.0 Å². The number of hydrogen-bond donors (Lipinski definition) is 7. The monoisotopic (exact) mass is 1810 g/mol. The number of nitrogens with zero attached hydrogens (tertiary/aromatic N) is 20. The predicted molar refractivity (Wildman–Crippen MR) is 527 cm³/mol. The minimum Gasteiger partial charge on any atom is -0.460 e. The molecule has 10 heterocycles. The zero-order valence-electron chi connectivity index (χ0n) is 79.8. The van der Waals surface area contributed by atoms with Gasteiger partial charge in [0.1, 0.15) is 18.3 Å². The molecule has 4 fully saturated rings. The zero-order chi connectivity index (χ0) is 94.0. The number of hydrogen-bond acceptors (Lipinski definition) is 27. The van der Waals surface area contributed by atoms with E-state index in [0.29, 0.717) is 104 Å². The van der Waals surface area contributed by atoms with Gasteiger partial charge in [0, 0.05) is 180 Å². The molecule has 706 valence electrons. The second-order valence-electron chi connectivity index (χ2n) is 36.2. The molecule has 7 N–H and O–H groups in total. The first kappa shape index (κ1) is 97.5. The molecule has 0 saturated carbocycles. The van der Waals surface area contributed by atoms with Gasteiger partial charge in [-0.15, -0.1) is 0 Å². The van der Waals surface area contributed by atoms with Crippen molar-refractivity contribution >= 4 is 86.9 Å². The van der Waals surface area contributed by atoms with E-state index < -0.39 is 0 Å². The molecule has 34 heteroatoms. The highest BCUT2D eigenvalue weighted by atomic mass is 16.5. The van der Waals surface area contributed by atoms with Crippen molar-refractivity contribution in [2.24, 2.45) is 0 Å². The normalized spacial score (nSPS) is 15.3. The number of fused-ring (bicyclic) bond motifs is 3. The van der Waals surface area contributed by atoms with Crippen molar-refractivity contribution < 1.29 is 33.4 Å². The van der Waals surface area contributed by atoms with E-state index in [1.807, 2.05) is 153 Å². The van der Waals surface area contributed by atoms with Crippen LogP contribution in [0.3, 0.4) is 0 Å². The van der Waals surface area contributed by atoms with Gasteiger partial charge in [-0.25, -0.2) is 0 Å². The third-order valence-electron chi connectivity index (χ3n) is 23.7. The maximum Gasteiger partial charge on any atom is 0.322 e. The number of carbonyl (C=O) groups excluding carboxylic acids is 4. The lowest BCUT2D eigenvalue weighted by Crippen LogP contribution is -2.48. The van der Waals surface area contributed by atoms with E-state index in [1.54, 1.807) is 56.0 Å². The van der Waals surface area contributed by atoms with Gasteiger partial charge in [0.25, 0.3) is 5.91 Å². The van der Waals surface area contributed by atoms with Crippen LogP contribution in [0.4, 0.5) is 46.3 Å². The van der Waals surface area contributed by atoms with E-state index in [2.05, 4.69) is 171 Å². The highest BCUT2D eigenvalue weighted by Gasteiger charge is 2.29. The number of ether oxygens (including phenoxy) is 3. The van der Waals surface area contributed by atoms with Gasteiger partial charge in [-0.1, -0.05) is 127 Å². The summed E-state index contributed by atoms with van der Waals surface area (Å²) in [6, 6.07) is 40.0. The predicted octanol–water partition coefficient (Wildman–Crippen LogP) is 12.7. The van der Waals surface area contributed by atoms with Crippen LogP contribution in [-0.4, -0.2) is 283 Å². The van der Waals surface area contributed by atoms with Crippen molar-refractivity contribution in [3.8, 4) is 18.0 Å². The van der Waals surface area contributed by atoms with Gasteiger partial charge >= 0.3 is 18.0 Å². The highest BCUT2D eigenvalue weighted by Crippen LogP contribution is 2.32. The molecule has 4 aliphatic heterocycles. The summed E-state index contributed by atoms with van der Waals surface area (Å²) in [6.07, 6.45) is 21.8. The van der Waals surface area contributed by atoms with Crippen LogP contribution < -0.4 is 56.3 Å². The summed E-state index contributed by atoms with van der Waals surface area (Å²) in [4.78, 5) is 95.9. The number of likely N-dealkylation sites (tertiary alicyclic amines) is 3. The van der Waals surface area contributed by atoms with Gasteiger partial charge in [-0.3, -0.25) is 19.2 Å². The van der Waals surface area contributed by atoms with E-state index in [0.717, 1.165) is 171 Å². The molecule has 6 aromatic heterocycles. The van der Waals surface area contributed by atoms with Gasteiger partial charge in [0.05, 0.1) is 18.6 Å². The van der Waals surface area contributed by atoms with Crippen molar-refractivity contribution in [3.63, 3.8) is 0 Å². The SMILES string of the molecule is CC(C)c1cnn2c(NCc3ccccc3N3CCN(C(=O)/C=C/CN(C)C)CC3)nc(OC3CCN(C)CC3)nc12.CC(C)c1cnn2c(NCc3ccccc3NC(=O)c3ccc(NC(=O)/C=C/CN(C)C)cc3)nc(OC3CCN(C)CC3)nc12.CC(C)c1cnn2c(NCc3ccccc3NCc3ccc(NC(=O)/C=C/CN(C)C)cc3)nc(OC3CCN(C)CC3)nc12. The number of carbonyl (C=O) groups is 4. The molecule has 4 aliphatic rings. The lowest BCUT2D eigenvalue weighted by molar-refractivity contribution is -0.126. The molecule has 5 aromatic carbocycles. The first-order chi connectivity index (χ1) is 64.2. The standard InChI is InChI=1S/C34H43N9O3.C34H45N9O2.C31H45N9O2/c1-23(2)28-22-36-43-31(28)39-34(46-27-16-19-42(5)20-17-27)40-33(43)35-21-25-9-6-7-10-29(25)38-32(45)24-12-14-26(15-13-24)37-30(44)11-8-18-41(3)4;1-24(2)29-23-37-43-32(29)39-34(45-28-16-19-42(5)20-17-28)40-33(43)36-22-26-9-6-7-10-30(26)35-21-25-12-14-27(15-13-25)38-31(44)11-8-18-41(3)4;1-23(2)26-22-33-40-29(26)34-31(42-25-12-15-37(5)16-13-25)35-30(40)32-21-24-9-6-7-10-27(24)38-17-19-39(20-18-38)28(41)11-8-14-36(3)4/h6-15,22-23,27H,16-21H2,1-5H3,(H,37,44)(H,38,45)(H,35,39,40);6-15,23-24,28,35H,16-22H2,1-5H3,(H,38,44)(H,36,39,40);6-11,22-23,25H,12-21H2,1-5H3,(H,32,34,35)/b3*11-8+. The smallest absolute Gasteiger partial charge is 0.322 e. The van der Waals surface area contributed by atoms with Crippen LogP contribution in [0.25, 0.3) is 16.9 Å². The Labute approximate surface area is 781 Å². The fraction of sp³-hybridized carbons (Fsp3) is 0.444. The van der Waals surface area contributed by atoms with Gasteiger partial charge in [0.2, 0.25) is 35.6 Å². The molecule has 4 saturated heterocycles. The van der Waals surface area contributed by atoms with Crippen molar-refractivity contribution in [1.82, 2.24) is 93.0 Å². The Kier molecular flexibility index (Phi) is 34.8. The molecule has 11 aromatic rings. The third kappa shape index (κ3) is 28.1. The first-order valence-electron chi connectivity index (χ1n) is 46.3. The zero-order valence-corrected chi connectivity index (χ0v) is 79.8. The van der Waals surface area contributed by atoms with E-state index in [-0.39, 0.29) is 59.7 Å². The number of piperazine rings is 1. The number of piperidine rings is 3. The highest BCUT2D eigenvalue weighted by molar-refractivity contribution is 6.05. The molecule has 0 atom stereocenters. The van der Waals surface area contributed by atoms with Crippen LogP contribution in [-0.2, 0) is 40.6 Å². The Morgan fingerprint density at radius 3 is 1.17 bits per heavy atom. The summed E-state index contributed by atoms with van der Waals surface area (Å²) >= 11 is 0. The fourth-order valence-corrected chi connectivity index (χ4v) is 15.8. The Hall–Kier alpha value is -13.0. The minimum absolute atomic E-state index is 0.0584. The Bertz CT molecular complexity index is 5740. The number of amides is 4. The summed E-state index contributed by atoms with van der Waals surface area (Å²) in [6.45, 7) is 26.0. The van der Waals surface area contributed by atoms with Crippen LogP contribution in [0.2, 0.25) is 0 Å². The molecule has 34 nitrogen and oxygen atoms in total. The quantitative estimate of drug-likeness (QED) is 0.0181. The van der Waals surface area contributed by atoms with Crippen LogP contribution in [0.15, 0.2) is 176 Å². The van der Waals surface area contributed by atoms with E-state index in [4.69, 9.17) is 44.1 Å². The summed E-state index contributed by atoms with van der Waals surface area (Å²) in [7, 11) is 18.2. The lowest BCUT2D eigenvalue weighted by Gasteiger charge is -2.36. The van der Waals surface area contributed by atoms with E-state index in [1.165, 1.54) is 6.08 Å². The van der Waals surface area contributed by atoms with Crippen molar-refractivity contribution in [1.29, 1.82) is 0 Å². The topological polar surface area (TPSA) is 335 Å². The Balaban J connectivity index is 0.000000170. The van der Waals surface area contributed by atoms with Crippen LogP contribution >= 0.6 is 0 Å². The summed E-state index contributed by atoms with van der Waals surface area (Å²) in [5.41, 5.74) is 14.3. The van der Waals surface area contributed by atoms with Gasteiger partial charge in [-0.2, -0.15) is 58.7 Å². The summed E-state index contributed by atoms with van der Waals surface area (Å²) in [5.74, 6) is 1.94. The molecule has 0 unspecified atom stereocenters. The van der Waals surface area contributed by atoms with Crippen molar-refractivity contribution in [2.75, 3.05) is 191 Å². The second-order valence-corrected chi connectivity index (χ2v) is 36.2. The molecule has 0 radical (unpaired) electrons. The average Bonchev–Trinajstić information content (AvgIpc) is 1.67. The number of nitrogens with one attached hydrogen (secondary N) is 7. The van der Waals surface area contributed by atoms with E-state index >= 15 is 0 Å². The van der Waals surface area contributed by atoms with Gasteiger partial charge in [0.15, 0.2) is 16.9 Å². The Morgan fingerprint density at radius 1 is 0.398 bits per heavy atom. The number of anilines is 8. The van der Waals surface area contributed by atoms with Gasteiger partial charge in [-0.05, 0) is 197 Å². The fourth-order valence-electron chi connectivity index (χ4n) is 15.8. The summed E-state index contributed by atoms with van der Waals surface area (Å²) in [5, 5.41) is 36.6.